The summed E-state index contributed by atoms with van der Waals surface area (Å²) in [7, 11) is 0. The summed E-state index contributed by atoms with van der Waals surface area (Å²) in [6.07, 6.45) is 20.2. The lowest BCUT2D eigenvalue weighted by Crippen LogP contribution is -2.44. The van der Waals surface area contributed by atoms with E-state index in [-0.39, 0.29) is 48.7 Å². The Labute approximate surface area is 160 Å². The van der Waals surface area contributed by atoms with Gasteiger partial charge < -0.3 is 21.1 Å². The van der Waals surface area contributed by atoms with E-state index < -0.39 is 0 Å². The molecule has 4 aliphatic rings. The molecule has 0 amide bonds. The molecule has 0 aromatic heterocycles. The molecule has 3 heterocycles. The number of fused-ring (bicyclic) bond motifs is 1. The Morgan fingerprint density at radius 1 is 1.04 bits per heavy atom. The van der Waals surface area contributed by atoms with Crippen LogP contribution in [0.4, 0.5) is 0 Å². The predicted octanol–water partition coefficient (Wildman–Crippen LogP) is 3.06. The molecular weight excluding hydrogens is 369 g/mol. The van der Waals surface area contributed by atoms with E-state index in [9.17, 15) is 0 Å². The molecule has 1 aliphatic carbocycles. The molecule has 0 radical (unpaired) electrons. The lowest BCUT2D eigenvalue weighted by atomic mass is 9.71. The van der Waals surface area contributed by atoms with Gasteiger partial charge in [0.05, 0.1) is 23.4 Å². The van der Waals surface area contributed by atoms with Gasteiger partial charge in [-0.05, 0) is 23.8 Å². The molecule has 0 aromatic carbocycles. The van der Waals surface area contributed by atoms with E-state index in [0.717, 1.165) is 22.7 Å². The molecule has 130 valence electrons. The highest BCUT2D eigenvalue weighted by molar-refractivity contribution is 5.86. The van der Waals surface area contributed by atoms with E-state index in [1.54, 1.807) is 6.26 Å². The van der Waals surface area contributed by atoms with Crippen LogP contribution in [-0.2, 0) is 4.74 Å². The van der Waals surface area contributed by atoms with Crippen LogP contribution >= 0.6 is 37.2 Å². The van der Waals surface area contributed by atoms with Crippen LogP contribution in [0.25, 0.3) is 0 Å². The maximum absolute atomic E-state index is 6.31. The maximum atomic E-state index is 6.31. The van der Waals surface area contributed by atoms with Crippen molar-refractivity contribution < 1.29 is 4.74 Å². The number of rotatable bonds is 2. The molecule has 2 unspecified atom stereocenters. The zero-order valence-corrected chi connectivity index (χ0v) is 15.2. The molecule has 4 rings (SSSR count). The molecule has 1 spiro atoms. The van der Waals surface area contributed by atoms with Crippen molar-refractivity contribution in [2.24, 2.45) is 16.9 Å². The first-order chi connectivity index (χ1) is 10.3. The minimum atomic E-state index is -0.349. The summed E-state index contributed by atoms with van der Waals surface area (Å²) in [5.41, 5.74) is 15.0. The van der Waals surface area contributed by atoms with Crippen molar-refractivity contribution in [3.8, 4) is 0 Å². The second kappa shape index (κ2) is 7.64. The minimum absolute atomic E-state index is 0. The molecule has 24 heavy (non-hydrogen) atoms. The predicted molar refractivity (Wildman–Crippen MR) is 104 cm³/mol. The van der Waals surface area contributed by atoms with E-state index in [1.807, 2.05) is 30.5 Å². The summed E-state index contributed by atoms with van der Waals surface area (Å²) >= 11 is 0. The number of hydrogen-bond donors (Lipinski definition) is 2. The van der Waals surface area contributed by atoms with Crippen molar-refractivity contribution in [3.63, 3.8) is 0 Å². The lowest BCUT2D eigenvalue weighted by molar-refractivity contribution is 0.294. The second-order valence-electron chi connectivity index (χ2n) is 5.43. The van der Waals surface area contributed by atoms with Crippen molar-refractivity contribution in [1.29, 1.82) is 0 Å². The normalized spacial score (nSPS) is 25.8. The highest BCUT2D eigenvalue weighted by Crippen LogP contribution is 2.53. The molecule has 0 bridgehead atoms. The van der Waals surface area contributed by atoms with Gasteiger partial charge in [-0.25, -0.2) is 0 Å². The maximum Gasteiger partial charge on any atom is 0.145 e. The van der Waals surface area contributed by atoms with Crippen LogP contribution in [0.1, 0.15) is 0 Å². The first kappa shape index (κ1) is 20.6. The molecule has 0 saturated heterocycles. The fourth-order valence-corrected chi connectivity index (χ4v) is 3.34. The largest absolute Gasteiger partial charge is 0.466 e. The highest BCUT2D eigenvalue weighted by atomic mass is 35.5. The molecule has 3 aliphatic heterocycles. The minimum Gasteiger partial charge on any atom is -0.466 e. The van der Waals surface area contributed by atoms with Crippen molar-refractivity contribution in [1.82, 2.24) is 4.90 Å². The Morgan fingerprint density at radius 3 is 2.54 bits per heavy atom. The zero-order valence-electron chi connectivity index (χ0n) is 12.8. The van der Waals surface area contributed by atoms with Gasteiger partial charge >= 0.3 is 0 Å². The topological polar surface area (TPSA) is 64.5 Å². The Morgan fingerprint density at radius 2 is 1.79 bits per heavy atom. The number of hydrogen-bond acceptors (Lipinski definition) is 4. The number of nitrogens with two attached hydrogens (primary N) is 2. The second-order valence-corrected chi connectivity index (χ2v) is 5.43. The van der Waals surface area contributed by atoms with Crippen molar-refractivity contribution in [3.05, 3.63) is 83.8 Å². The van der Waals surface area contributed by atoms with Gasteiger partial charge in [0.1, 0.15) is 5.76 Å². The number of ether oxygens (including phenoxy) is 1. The Kier molecular flexibility index (Phi) is 6.56. The van der Waals surface area contributed by atoms with Crippen LogP contribution in [0, 0.1) is 5.41 Å². The highest BCUT2D eigenvalue weighted by Gasteiger charge is 2.47. The molecule has 0 fully saturated rings. The van der Waals surface area contributed by atoms with E-state index in [2.05, 4.69) is 29.2 Å². The number of nitrogens with zero attached hydrogens (tertiary/aromatic N) is 1. The average molecular weight is 389 g/mol. The van der Waals surface area contributed by atoms with Gasteiger partial charge in [-0.3, -0.25) is 0 Å². The first-order valence-corrected chi connectivity index (χ1v) is 7.07. The van der Waals surface area contributed by atoms with E-state index >= 15 is 0 Å². The summed E-state index contributed by atoms with van der Waals surface area (Å²) in [6, 6.07) is -0.227. The monoisotopic (exact) mass is 387 g/mol. The molecule has 0 aromatic rings. The van der Waals surface area contributed by atoms with Crippen LogP contribution < -0.4 is 11.5 Å². The lowest BCUT2D eigenvalue weighted by Gasteiger charge is -2.42. The summed E-state index contributed by atoms with van der Waals surface area (Å²) in [5.74, 6) is 0.923. The molecule has 0 saturated carbocycles. The third-order valence-corrected chi connectivity index (χ3v) is 4.30. The first-order valence-electron chi connectivity index (χ1n) is 7.07. The third kappa shape index (κ3) is 2.65. The molecule has 2 atom stereocenters. The van der Waals surface area contributed by atoms with Gasteiger partial charge in [-0.1, -0.05) is 30.4 Å². The number of halogens is 3. The van der Waals surface area contributed by atoms with Crippen molar-refractivity contribution in [2.45, 2.75) is 6.04 Å². The summed E-state index contributed by atoms with van der Waals surface area (Å²) in [5, 5.41) is 0. The van der Waals surface area contributed by atoms with Crippen molar-refractivity contribution in [2.75, 3.05) is 6.54 Å². The van der Waals surface area contributed by atoms with Crippen LogP contribution in [0.15, 0.2) is 83.8 Å². The standard InChI is InChI=1S/C17H17N3O.3ClH/c18-11-13(19)15-12-5-1-3-7-17(12)8-10-21-16(17)14-6-2-4-9-20(14)15;;;/h1-10,13H,11,18-19H2;3*1H. The smallest absolute Gasteiger partial charge is 0.145 e. The quantitative estimate of drug-likeness (QED) is 0.763. The van der Waals surface area contributed by atoms with Gasteiger partial charge in [0.2, 0.25) is 0 Å². The fourth-order valence-electron chi connectivity index (χ4n) is 3.34. The van der Waals surface area contributed by atoms with Crippen LogP contribution in [-0.4, -0.2) is 17.5 Å². The van der Waals surface area contributed by atoms with Gasteiger partial charge in [0, 0.05) is 18.4 Å². The number of allylic oxidation sites excluding steroid dienone is 7. The third-order valence-electron chi connectivity index (χ3n) is 4.30. The van der Waals surface area contributed by atoms with E-state index in [1.165, 1.54) is 0 Å². The van der Waals surface area contributed by atoms with Crippen LogP contribution in [0.2, 0.25) is 0 Å². The van der Waals surface area contributed by atoms with Crippen LogP contribution in [0.5, 0.6) is 0 Å². The van der Waals surface area contributed by atoms with Crippen LogP contribution in [0.3, 0.4) is 0 Å². The molecule has 7 heteroatoms. The Hall–Kier alpha value is -1.43. The summed E-state index contributed by atoms with van der Waals surface area (Å²) in [4.78, 5) is 2.09. The Bertz CT molecular complexity index is 719. The van der Waals surface area contributed by atoms with Gasteiger partial charge in [-0.2, -0.15) is 0 Å². The fraction of sp³-hybridized carbons (Fsp3) is 0.176. The van der Waals surface area contributed by atoms with Gasteiger partial charge in [-0.15, -0.1) is 37.2 Å². The molecule has 4 N–H and O–H groups in total. The molecular formula is C17H20Cl3N3O. The summed E-state index contributed by atoms with van der Waals surface area (Å²) in [6.45, 7) is 0.397. The van der Waals surface area contributed by atoms with Gasteiger partial charge in [0.25, 0.3) is 0 Å². The van der Waals surface area contributed by atoms with Gasteiger partial charge in [0.15, 0.2) is 0 Å². The van der Waals surface area contributed by atoms with E-state index in [4.69, 9.17) is 16.2 Å². The summed E-state index contributed by atoms with van der Waals surface area (Å²) < 4.78 is 5.83. The molecule has 4 nitrogen and oxygen atoms in total. The van der Waals surface area contributed by atoms with E-state index in [0.29, 0.717) is 6.54 Å². The Balaban J connectivity index is 0.000000960. The van der Waals surface area contributed by atoms with Crippen molar-refractivity contribution >= 4 is 37.2 Å². The SMILES string of the molecule is Cl.Cl.Cl.NCC(N)C1=C2C=CC=CC23C=COC3=C2C=CC=CN21. The zero-order chi connectivity index (χ0) is 14.4. The average Bonchev–Trinajstić information content (AvgIpc) is 2.95.